The molecule has 0 radical (unpaired) electrons. The monoisotopic (exact) mass is 266 g/mol. The summed E-state index contributed by atoms with van der Waals surface area (Å²) in [6, 6.07) is 1.81. The fraction of sp³-hybridized carbons (Fsp3) is 0.643. The Morgan fingerprint density at radius 3 is 2.79 bits per heavy atom. The minimum Gasteiger partial charge on any atom is -0.493 e. The average Bonchev–Trinajstić information content (AvgIpc) is 2.48. The molecule has 0 aliphatic carbocycles. The van der Waals surface area contributed by atoms with Crippen molar-refractivity contribution in [2.75, 3.05) is 34.0 Å². The van der Waals surface area contributed by atoms with Gasteiger partial charge in [-0.2, -0.15) is 0 Å². The molecule has 0 spiro atoms. The van der Waals surface area contributed by atoms with Crippen LogP contribution in [0.3, 0.4) is 0 Å². The maximum Gasteiger partial charge on any atom is 0.183 e. The molecular weight excluding hydrogens is 244 g/mol. The zero-order valence-electron chi connectivity index (χ0n) is 11.6. The Balaban J connectivity index is 1.88. The first kappa shape index (κ1) is 14.1. The molecule has 0 atom stereocenters. The number of rotatable bonds is 6. The first-order valence-corrected chi connectivity index (χ1v) is 6.69. The van der Waals surface area contributed by atoms with Gasteiger partial charge in [-0.05, 0) is 25.3 Å². The number of methoxy groups -OCH3 is 2. The van der Waals surface area contributed by atoms with E-state index in [4.69, 9.17) is 14.2 Å². The predicted molar refractivity (Wildman–Crippen MR) is 72.6 cm³/mol. The predicted octanol–water partition coefficient (Wildman–Crippen LogP) is 1.61. The van der Waals surface area contributed by atoms with Crippen LogP contribution in [0.5, 0.6) is 11.5 Å². The molecule has 1 aliphatic rings. The molecule has 1 aromatic rings. The van der Waals surface area contributed by atoms with Crippen LogP contribution in [-0.2, 0) is 11.3 Å². The zero-order chi connectivity index (χ0) is 13.5. The highest BCUT2D eigenvalue weighted by Crippen LogP contribution is 2.28. The van der Waals surface area contributed by atoms with Crippen molar-refractivity contribution in [3.63, 3.8) is 0 Å². The summed E-state index contributed by atoms with van der Waals surface area (Å²) in [5.41, 5.74) is 0.883. The number of nitrogens with zero attached hydrogens (tertiary/aromatic N) is 1. The Labute approximate surface area is 114 Å². The number of hydrogen-bond donors (Lipinski definition) is 1. The lowest BCUT2D eigenvalue weighted by Crippen LogP contribution is -2.27. The van der Waals surface area contributed by atoms with E-state index in [-0.39, 0.29) is 0 Å². The van der Waals surface area contributed by atoms with Crippen LogP contribution in [-0.4, -0.2) is 39.0 Å². The molecule has 1 aromatic heterocycles. The van der Waals surface area contributed by atoms with Gasteiger partial charge in [0.05, 0.1) is 19.9 Å². The Hall–Kier alpha value is -1.33. The summed E-state index contributed by atoms with van der Waals surface area (Å²) in [5, 5.41) is 3.44. The van der Waals surface area contributed by atoms with E-state index in [9.17, 15) is 0 Å². The number of hydrogen-bond acceptors (Lipinski definition) is 5. The smallest absolute Gasteiger partial charge is 0.183 e. The van der Waals surface area contributed by atoms with E-state index in [2.05, 4.69) is 10.3 Å². The highest BCUT2D eigenvalue weighted by Gasteiger charge is 2.14. The molecule has 106 valence electrons. The molecule has 5 nitrogen and oxygen atoms in total. The molecule has 2 rings (SSSR count). The van der Waals surface area contributed by atoms with Gasteiger partial charge in [0.2, 0.25) is 0 Å². The molecule has 1 saturated heterocycles. The van der Waals surface area contributed by atoms with Crippen LogP contribution in [0.15, 0.2) is 12.3 Å². The summed E-state index contributed by atoms with van der Waals surface area (Å²) in [6.07, 6.45) is 4.01. The maximum absolute atomic E-state index is 5.36. The molecule has 0 unspecified atom stereocenters. The van der Waals surface area contributed by atoms with Crippen molar-refractivity contribution < 1.29 is 14.2 Å². The van der Waals surface area contributed by atoms with Gasteiger partial charge in [0, 0.05) is 32.0 Å². The lowest BCUT2D eigenvalue weighted by molar-refractivity contribution is 0.0662. The normalized spacial score (nSPS) is 16.3. The van der Waals surface area contributed by atoms with Crippen LogP contribution in [0.25, 0.3) is 0 Å². The van der Waals surface area contributed by atoms with Crippen LogP contribution in [0, 0.1) is 5.92 Å². The van der Waals surface area contributed by atoms with E-state index < -0.39 is 0 Å². The van der Waals surface area contributed by atoms with Crippen molar-refractivity contribution in [1.29, 1.82) is 0 Å². The Morgan fingerprint density at radius 2 is 2.11 bits per heavy atom. The van der Waals surface area contributed by atoms with E-state index in [0.717, 1.165) is 44.0 Å². The third-order valence-corrected chi connectivity index (χ3v) is 3.43. The van der Waals surface area contributed by atoms with Crippen LogP contribution in [0.4, 0.5) is 0 Å². The standard InChI is InChI=1S/C14H22N2O3/c1-17-13-3-6-16-12(14(13)18-2)10-15-9-11-4-7-19-8-5-11/h3,6,11,15H,4-5,7-10H2,1-2H3. The minimum absolute atomic E-state index is 0.692. The summed E-state index contributed by atoms with van der Waals surface area (Å²) in [6.45, 7) is 3.45. The molecule has 0 aromatic carbocycles. The summed E-state index contributed by atoms with van der Waals surface area (Å²) in [7, 11) is 3.28. The highest BCUT2D eigenvalue weighted by atomic mass is 16.5. The second-order valence-corrected chi connectivity index (χ2v) is 4.68. The third-order valence-electron chi connectivity index (χ3n) is 3.43. The van der Waals surface area contributed by atoms with E-state index >= 15 is 0 Å². The van der Waals surface area contributed by atoms with Crippen molar-refractivity contribution in [2.24, 2.45) is 5.92 Å². The van der Waals surface area contributed by atoms with Crippen LogP contribution in [0.1, 0.15) is 18.5 Å². The quantitative estimate of drug-likeness (QED) is 0.848. The Bertz CT molecular complexity index is 392. The first-order valence-electron chi connectivity index (χ1n) is 6.69. The topological polar surface area (TPSA) is 52.6 Å². The number of nitrogens with one attached hydrogen (secondary N) is 1. The van der Waals surface area contributed by atoms with Crippen molar-refractivity contribution >= 4 is 0 Å². The lowest BCUT2D eigenvalue weighted by Gasteiger charge is -2.22. The molecule has 19 heavy (non-hydrogen) atoms. The molecule has 0 bridgehead atoms. The SMILES string of the molecule is COc1ccnc(CNCC2CCOCC2)c1OC. The number of ether oxygens (including phenoxy) is 3. The van der Waals surface area contributed by atoms with E-state index in [1.54, 1.807) is 26.5 Å². The molecule has 1 aliphatic heterocycles. The molecular formula is C14H22N2O3. The second-order valence-electron chi connectivity index (χ2n) is 4.68. The second kappa shape index (κ2) is 7.31. The lowest BCUT2D eigenvalue weighted by atomic mass is 10.0. The molecule has 1 N–H and O–H groups in total. The minimum atomic E-state index is 0.692. The number of aromatic nitrogens is 1. The van der Waals surface area contributed by atoms with Crippen LogP contribution in [0.2, 0.25) is 0 Å². The third kappa shape index (κ3) is 3.81. The Morgan fingerprint density at radius 1 is 1.32 bits per heavy atom. The maximum atomic E-state index is 5.36. The van der Waals surface area contributed by atoms with Crippen LogP contribution < -0.4 is 14.8 Å². The van der Waals surface area contributed by atoms with Crippen molar-refractivity contribution in [3.8, 4) is 11.5 Å². The fourth-order valence-corrected chi connectivity index (χ4v) is 2.32. The highest BCUT2D eigenvalue weighted by molar-refractivity contribution is 5.42. The summed E-state index contributed by atoms with van der Waals surface area (Å²) >= 11 is 0. The largest absolute Gasteiger partial charge is 0.493 e. The van der Waals surface area contributed by atoms with Gasteiger partial charge in [-0.25, -0.2) is 0 Å². The van der Waals surface area contributed by atoms with Gasteiger partial charge in [0.1, 0.15) is 0 Å². The van der Waals surface area contributed by atoms with Gasteiger partial charge < -0.3 is 19.5 Å². The fourth-order valence-electron chi connectivity index (χ4n) is 2.32. The molecule has 1 fully saturated rings. The summed E-state index contributed by atoms with van der Waals surface area (Å²) in [5.74, 6) is 2.13. The van der Waals surface area contributed by atoms with Gasteiger partial charge >= 0.3 is 0 Å². The first-order chi connectivity index (χ1) is 9.35. The van der Waals surface area contributed by atoms with E-state index in [1.807, 2.05) is 0 Å². The summed E-state index contributed by atoms with van der Waals surface area (Å²) < 4.78 is 16.0. The van der Waals surface area contributed by atoms with Crippen LogP contribution >= 0.6 is 0 Å². The number of pyridine rings is 1. The van der Waals surface area contributed by atoms with Crippen molar-refractivity contribution in [2.45, 2.75) is 19.4 Å². The average molecular weight is 266 g/mol. The van der Waals surface area contributed by atoms with Gasteiger partial charge in [-0.15, -0.1) is 0 Å². The van der Waals surface area contributed by atoms with E-state index in [1.165, 1.54) is 0 Å². The van der Waals surface area contributed by atoms with Crippen molar-refractivity contribution in [1.82, 2.24) is 10.3 Å². The molecule has 0 saturated carbocycles. The van der Waals surface area contributed by atoms with Gasteiger partial charge in [0.25, 0.3) is 0 Å². The molecule has 0 amide bonds. The molecule has 5 heteroatoms. The van der Waals surface area contributed by atoms with E-state index in [0.29, 0.717) is 18.2 Å². The Kier molecular flexibility index (Phi) is 5.42. The van der Waals surface area contributed by atoms with Gasteiger partial charge in [0.15, 0.2) is 11.5 Å². The summed E-state index contributed by atoms with van der Waals surface area (Å²) in [4.78, 5) is 4.35. The zero-order valence-corrected chi connectivity index (χ0v) is 11.6. The van der Waals surface area contributed by atoms with Gasteiger partial charge in [-0.3, -0.25) is 4.98 Å². The van der Waals surface area contributed by atoms with Gasteiger partial charge in [-0.1, -0.05) is 0 Å². The molecule has 2 heterocycles. The van der Waals surface area contributed by atoms with Crippen molar-refractivity contribution in [3.05, 3.63) is 18.0 Å².